The van der Waals surface area contributed by atoms with E-state index in [-0.39, 0.29) is 5.91 Å². The predicted molar refractivity (Wildman–Crippen MR) is 83.9 cm³/mol. The maximum absolute atomic E-state index is 12.8. The molecule has 3 rings (SSSR count). The summed E-state index contributed by atoms with van der Waals surface area (Å²) in [6.45, 7) is 3.68. The number of rotatable bonds is 2. The van der Waals surface area contributed by atoms with Crippen molar-refractivity contribution in [3.8, 4) is 5.75 Å². The zero-order valence-electron chi connectivity index (χ0n) is 12.9. The molecule has 0 bridgehead atoms. The fourth-order valence-electron chi connectivity index (χ4n) is 3.45. The number of fused-ring (bicyclic) bond motifs is 1. The van der Waals surface area contributed by atoms with Crippen molar-refractivity contribution in [3.63, 3.8) is 0 Å². The third-order valence-electron chi connectivity index (χ3n) is 4.69. The van der Waals surface area contributed by atoms with Gasteiger partial charge >= 0.3 is 0 Å². The largest absolute Gasteiger partial charge is 0.489 e. The van der Waals surface area contributed by atoms with Crippen molar-refractivity contribution < 1.29 is 9.53 Å². The molecule has 0 aromatic heterocycles. The highest BCUT2D eigenvalue weighted by Gasteiger charge is 2.28. The van der Waals surface area contributed by atoms with Crippen molar-refractivity contribution in [1.82, 2.24) is 4.90 Å². The van der Waals surface area contributed by atoms with Gasteiger partial charge in [0.25, 0.3) is 5.91 Å². The molecule has 1 fully saturated rings. The number of hydrogen-bond donors (Lipinski definition) is 1. The quantitative estimate of drug-likeness (QED) is 0.909. The minimum atomic E-state index is 0.0784. The van der Waals surface area contributed by atoms with E-state index >= 15 is 0 Å². The summed E-state index contributed by atoms with van der Waals surface area (Å²) in [5, 5.41) is 3.29. The van der Waals surface area contributed by atoms with Gasteiger partial charge in [-0.1, -0.05) is 25.8 Å². The molecule has 0 spiro atoms. The van der Waals surface area contributed by atoms with Crippen LogP contribution < -0.4 is 10.1 Å². The van der Waals surface area contributed by atoms with Crippen molar-refractivity contribution in [2.45, 2.75) is 38.6 Å². The molecule has 21 heavy (non-hydrogen) atoms. The Hall–Kier alpha value is -1.71. The van der Waals surface area contributed by atoms with E-state index in [4.69, 9.17) is 4.74 Å². The van der Waals surface area contributed by atoms with Gasteiger partial charge in [0.1, 0.15) is 6.61 Å². The highest BCUT2D eigenvalue weighted by molar-refractivity contribution is 5.99. The molecule has 4 nitrogen and oxygen atoms in total. The summed E-state index contributed by atoms with van der Waals surface area (Å²) in [4.78, 5) is 14.8. The van der Waals surface area contributed by atoms with Crippen molar-refractivity contribution in [2.24, 2.45) is 5.92 Å². The molecule has 0 radical (unpaired) electrons. The predicted octanol–water partition coefficient (Wildman–Crippen LogP) is 3.14. The lowest BCUT2D eigenvalue weighted by Gasteiger charge is -2.34. The van der Waals surface area contributed by atoms with E-state index < -0.39 is 0 Å². The molecule has 2 unspecified atom stereocenters. The first-order chi connectivity index (χ1) is 10.2. The van der Waals surface area contributed by atoms with Crippen LogP contribution in [0.5, 0.6) is 5.75 Å². The summed E-state index contributed by atoms with van der Waals surface area (Å²) in [5.74, 6) is 1.50. The van der Waals surface area contributed by atoms with Crippen LogP contribution in [0.1, 0.15) is 43.0 Å². The number of amides is 1. The molecule has 1 aliphatic heterocycles. The van der Waals surface area contributed by atoms with Gasteiger partial charge in [-0.15, -0.1) is 0 Å². The molecular formula is C17H24N2O2. The summed E-state index contributed by atoms with van der Waals surface area (Å²) in [6.07, 6.45) is 4.72. The molecule has 1 heterocycles. The zero-order chi connectivity index (χ0) is 14.8. The number of ether oxygens (including phenoxy) is 1. The SMILES string of the molecule is CC1CCCC(N(C)C(=O)c2cccc3c2OCCN3)C1. The van der Waals surface area contributed by atoms with E-state index in [2.05, 4.69) is 12.2 Å². The highest BCUT2D eigenvalue weighted by atomic mass is 16.5. The van der Waals surface area contributed by atoms with Gasteiger partial charge in [0, 0.05) is 19.6 Å². The molecule has 1 amide bonds. The average molecular weight is 288 g/mol. The van der Waals surface area contributed by atoms with Crippen LogP contribution in [0.15, 0.2) is 18.2 Å². The Morgan fingerprint density at radius 2 is 2.24 bits per heavy atom. The number of para-hydroxylation sites is 1. The molecule has 0 saturated heterocycles. The van der Waals surface area contributed by atoms with Crippen LogP contribution in [0, 0.1) is 5.92 Å². The standard InChI is InChI=1S/C17H24N2O2/c1-12-5-3-6-13(11-12)19(2)17(20)14-7-4-8-15-16(14)21-10-9-18-15/h4,7-8,12-13,18H,3,5-6,9-11H2,1-2H3. The normalized spacial score (nSPS) is 24.5. The molecular weight excluding hydrogens is 264 g/mol. The van der Waals surface area contributed by atoms with Gasteiger partial charge < -0.3 is 15.0 Å². The smallest absolute Gasteiger partial charge is 0.257 e. The van der Waals surface area contributed by atoms with E-state index in [9.17, 15) is 4.79 Å². The van der Waals surface area contributed by atoms with Crippen LogP contribution in [0.2, 0.25) is 0 Å². The fraction of sp³-hybridized carbons (Fsp3) is 0.588. The lowest BCUT2D eigenvalue weighted by atomic mass is 9.86. The molecule has 1 saturated carbocycles. The van der Waals surface area contributed by atoms with Crippen molar-refractivity contribution in [1.29, 1.82) is 0 Å². The molecule has 4 heteroatoms. The first kappa shape index (κ1) is 14.2. The lowest BCUT2D eigenvalue weighted by molar-refractivity contribution is 0.0668. The molecule has 1 N–H and O–H groups in total. The van der Waals surface area contributed by atoms with Gasteiger partial charge in [0.2, 0.25) is 0 Å². The topological polar surface area (TPSA) is 41.6 Å². The van der Waals surface area contributed by atoms with Gasteiger partial charge in [-0.3, -0.25) is 4.79 Å². The second-order valence-corrected chi connectivity index (χ2v) is 6.30. The Morgan fingerprint density at radius 1 is 1.38 bits per heavy atom. The van der Waals surface area contributed by atoms with Crippen LogP contribution >= 0.6 is 0 Å². The minimum Gasteiger partial charge on any atom is -0.489 e. The van der Waals surface area contributed by atoms with Crippen LogP contribution in [-0.4, -0.2) is 37.0 Å². The Bertz CT molecular complexity index is 530. The summed E-state index contributed by atoms with van der Waals surface area (Å²) < 4.78 is 5.72. The monoisotopic (exact) mass is 288 g/mol. The van der Waals surface area contributed by atoms with Gasteiger partial charge in [-0.2, -0.15) is 0 Å². The number of nitrogens with zero attached hydrogens (tertiary/aromatic N) is 1. The molecule has 2 aliphatic rings. The summed E-state index contributed by atoms with van der Waals surface area (Å²) in [6, 6.07) is 6.12. The number of carbonyl (C=O) groups excluding carboxylic acids is 1. The van der Waals surface area contributed by atoms with Crippen molar-refractivity contribution in [2.75, 3.05) is 25.5 Å². The fourth-order valence-corrected chi connectivity index (χ4v) is 3.45. The number of hydrogen-bond acceptors (Lipinski definition) is 3. The van der Waals surface area contributed by atoms with E-state index in [0.29, 0.717) is 29.9 Å². The number of carbonyl (C=O) groups is 1. The summed E-state index contributed by atoms with van der Waals surface area (Å²) in [5.41, 5.74) is 1.61. The lowest BCUT2D eigenvalue weighted by Crippen LogP contribution is -2.40. The Kier molecular flexibility index (Phi) is 4.04. The number of anilines is 1. The van der Waals surface area contributed by atoms with E-state index in [1.807, 2.05) is 30.1 Å². The zero-order valence-corrected chi connectivity index (χ0v) is 12.9. The first-order valence-electron chi connectivity index (χ1n) is 7.93. The molecule has 2 atom stereocenters. The summed E-state index contributed by atoms with van der Waals surface area (Å²) >= 11 is 0. The Balaban J connectivity index is 1.81. The average Bonchev–Trinajstić information content (AvgIpc) is 2.53. The van der Waals surface area contributed by atoms with Crippen LogP contribution in [0.3, 0.4) is 0 Å². The Morgan fingerprint density at radius 3 is 3.05 bits per heavy atom. The molecule has 1 aliphatic carbocycles. The minimum absolute atomic E-state index is 0.0784. The van der Waals surface area contributed by atoms with Crippen LogP contribution in [-0.2, 0) is 0 Å². The molecule has 1 aromatic rings. The second-order valence-electron chi connectivity index (χ2n) is 6.30. The van der Waals surface area contributed by atoms with Crippen LogP contribution in [0.4, 0.5) is 5.69 Å². The van der Waals surface area contributed by atoms with Gasteiger partial charge in [0.05, 0.1) is 11.3 Å². The van der Waals surface area contributed by atoms with Gasteiger partial charge in [-0.05, 0) is 30.9 Å². The molecule has 1 aromatic carbocycles. The summed E-state index contributed by atoms with van der Waals surface area (Å²) in [7, 11) is 1.93. The maximum atomic E-state index is 12.8. The van der Waals surface area contributed by atoms with E-state index in [0.717, 1.165) is 25.1 Å². The number of nitrogens with one attached hydrogen (secondary N) is 1. The Labute approximate surface area is 126 Å². The highest BCUT2D eigenvalue weighted by Crippen LogP contribution is 2.33. The van der Waals surface area contributed by atoms with Crippen LogP contribution in [0.25, 0.3) is 0 Å². The molecule has 114 valence electrons. The number of benzene rings is 1. The first-order valence-corrected chi connectivity index (χ1v) is 7.93. The second kappa shape index (κ2) is 5.96. The van der Waals surface area contributed by atoms with Gasteiger partial charge in [-0.25, -0.2) is 0 Å². The van der Waals surface area contributed by atoms with Gasteiger partial charge in [0.15, 0.2) is 5.75 Å². The third kappa shape index (κ3) is 2.85. The van der Waals surface area contributed by atoms with E-state index in [1.54, 1.807) is 0 Å². The third-order valence-corrected chi connectivity index (χ3v) is 4.69. The van der Waals surface area contributed by atoms with Crippen molar-refractivity contribution >= 4 is 11.6 Å². The van der Waals surface area contributed by atoms with Crippen molar-refractivity contribution in [3.05, 3.63) is 23.8 Å². The van der Waals surface area contributed by atoms with E-state index in [1.165, 1.54) is 12.8 Å². The maximum Gasteiger partial charge on any atom is 0.257 e.